The lowest BCUT2D eigenvalue weighted by Gasteiger charge is -2.45. The molecule has 1 aromatic heterocycles. The number of benzene rings is 7. The molecule has 4 heteroatoms. The zero-order valence-corrected chi connectivity index (χ0v) is 35.8. The summed E-state index contributed by atoms with van der Waals surface area (Å²) in [6.07, 6.45) is 1.12. The fourth-order valence-electron chi connectivity index (χ4n) is 11.2. The van der Waals surface area contributed by atoms with E-state index >= 15 is 0 Å². The van der Waals surface area contributed by atoms with Gasteiger partial charge >= 0.3 is 0 Å². The topological polar surface area (TPSA) is 19.6 Å². The molecule has 7 aromatic carbocycles. The monoisotopic (exact) mass is 766 g/mol. The molecule has 0 saturated carbocycles. The fourth-order valence-corrected chi connectivity index (χ4v) is 11.2. The molecule has 59 heavy (non-hydrogen) atoms. The standard InChI is InChI=1S/C55H51BN2O/c1-33-26-47-52-48(27-33)58(45-19-15-21-50-51(45)38-18-13-14-20-49(38)59-50)44-25-23-37(53(3,4)5)29-41(44)56(52)42-30-39-40(55(8,9)32-54(39,6)7)31-46(42)57(47)43-24-22-36(28-34(43)2)35-16-11-10-12-17-35/h10-31H,32H2,1-9H3. The molecule has 0 N–H and O–H groups in total. The van der Waals surface area contributed by atoms with E-state index in [1.165, 1.54) is 83.8 Å². The van der Waals surface area contributed by atoms with Crippen LogP contribution in [-0.2, 0) is 16.2 Å². The Hall–Kier alpha value is -6.00. The highest BCUT2D eigenvalue weighted by Crippen LogP contribution is 2.53. The van der Waals surface area contributed by atoms with Crippen LogP contribution in [0, 0.1) is 13.8 Å². The summed E-state index contributed by atoms with van der Waals surface area (Å²) in [6, 6.07) is 50.3. The average molecular weight is 767 g/mol. The first-order valence-electron chi connectivity index (χ1n) is 21.3. The minimum absolute atomic E-state index is 0.0257. The molecule has 0 atom stereocenters. The van der Waals surface area contributed by atoms with E-state index < -0.39 is 0 Å². The Labute approximate surface area is 349 Å². The van der Waals surface area contributed by atoms with Crippen molar-refractivity contribution in [2.75, 3.05) is 9.80 Å². The van der Waals surface area contributed by atoms with Crippen LogP contribution in [0.1, 0.15) is 82.7 Å². The maximum Gasteiger partial charge on any atom is 0.252 e. The van der Waals surface area contributed by atoms with Gasteiger partial charge in [-0.15, -0.1) is 0 Å². The molecule has 3 nitrogen and oxygen atoms in total. The summed E-state index contributed by atoms with van der Waals surface area (Å²) in [5, 5.41) is 2.28. The van der Waals surface area contributed by atoms with Crippen molar-refractivity contribution in [1.82, 2.24) is 0 Å². The number of hydrogen-bond donors (Lipinski definition) is 0. The van der Waals surface area contributed by atoms with Crippen LogP contribution in [-0.4, -0.2) is 6.71 Å². The normalized spacial score (nSPS) is 16.0. The molecule has 8 aromatic rings. The first-order valence-corrected chi connectivity index (χ1v) is 21.3. The zero-order valence-electron chi connectivity index (χ0n) is 35.8. The van der Waals surface area contributed by atoms with Crippen molar-refractivity contribution in [3.8, 4) is 11.1 Å². The Kier molecular flexibility index (Phi) is 7.51. The van der Waals surface area contributed by atoms with E-state index in [1.54, 1.807) is 0 Å². The Morgan fingerprint density at radius 1 is 0.542 bits per heavy atom. The predicted molar refractivity (Wildman–Crippen MR) is 252 cm³/mol. The minimum Gasteiger partial charge on any atom is -0.456 e. The molecular weight excluding hydrogens is 715 g/mol. The molecule has 3 aliphatic rings. The SMILES string of the molecule is Cc1cc2c3c(c1)N(c1cccc4oc5ccccc5c14)c1ccc(C(C)(C)C)cc1B3c1cc3c(cc1N2c1ccc(-c2ccccc2)cc1C)C(C)(C)CC3(C)C. The van der Waals surface area contributed by atoms with Crippen LogP contribution in [0.4, 0.5) is 34.1 Å². The van der Waals surface area contributed by atoms with Crippen LogP contribution in [0.3, 0.4) is 0 Å². The molecule has 0 saturated heterocycles. The third-order valence-corrected chi connectivity index (χ3v) is 13.7. The summed E-state index contributed by atoms with van der Waals surface area (Å²) in [5.74, 6) is 0. The van der Waals surface area contributed by atoms with Gasteiger partial charge in [-0.1, -0.05) is 127 Å². The maximum absolute atomic E-state index is 6.54. The number of para-hydroxylation sites is 1. The third-order valence-electron chi connectivity index (χ3n) is 13.7. The van der Waals surface area contributed by atoms with E-state index in [9.17, 15) is 0 Å². The van der Waals surface area contributed by atoms with Gasteiger partial charge < -0.3 is 14.2 Å². The average Bonchev–Trinajstić information content (AvgIpc) is 3.67. The van der Waals surface area contributed by atoms with Gasteiger partial charge in [-0.25, -0.2) is 0 Å². The van der Waals surface area contributed by atoms with Gasteiger partial charge in [-0.2, -0.15) is 0 Å². The molecule has 0 spiro atoms. The van der Waals surface area contributed by atoms with Gasteiger partial charge in [0.15, 0.2) is 0 Å². The predicted octanol–water partition coefficient (Wildman–Crippen LogP) is 13.2. The van der Waals surface area contributed by atoms with Crippen LogP contribution in [0.5, 0.6) is 0 Å². The van der Waals surface area contributed by atoms with Gasteiger partial charge in [0.1, 0.15) is 11.2 Å². The van der Waals surface area contributed by atoms with Crippen molar-refractivity contribution in [2.45, 2.75) is 85.0 Å². The fraction of sp³-hybridized carbons (Fsp3) is 0.236. The zero-order chi connectivity index (χ0) is 40.7. The smallest absolute Gasteiger partial charge is 0.252 e. The van der Waals surface area contributed by atoms with Crippen LogP contribution in [0.2, 0.25) is 0 Å². The molecular formula is C55H51BN2O. The number of hydrogen-bond acceptors (Lipinski definition) is 3. The lowest BCUT2D eigenvalue weighted by Crippen LogP contribution is -2.61. The number of fused-ring (bicyclic) bond motifs is 8. The Morgan fingerprint density at radius 2 is 1.19 bits per heavy atom. The third kappa shape index (κ3) is 5.28. The lowest BCUT2D eigenvalue weighted by atomic mass is 9.33. The van der Waals surface area contributed by atoms with E-state index in [0.29, 0.717) is 0 Å². The number of furan rings is 1. The summed E-state index contributed by atoms with van der Waals surface area (Å²) in [5.41, 5.74) is 22.6. The second-order valence-electron chi connectivity index (χ2n) is 19.9. The van der Waals surface area contributed by atoms with Crippen LogP contribution in [0.15, 0.2) is 138 Å². The maximum atomic E-state index is 6.54. The van der Waals surface area contributed by atoms with E-state index in [-0.39, 0.29) is 23.0 Å². The summed E-state index contributed by atoms with van der Waals surface area (Å²) in [6.45, 7) is 21.4. The second kappa shape index (κ2) is 12.3. The van der Waals surface area contributed by atoms with Crippen LogP contribution >= 0.6 is 0 Å². The Balaban J connectivity index is 1.26. The van der Waals surface area contributed by atoms with Gasteiger partial charge in [0.05, 0.1) is 11.1 Å². The molecule has 0 amide bonds. The first kappa shape index (κ1) is 36.1. The van der Waals surface area contributed by atoms with Gasteiger partial charge in [0.2, 0.25) is 0 Å². The number of aryl methyl sites for hydroxylation is 2. The summed E-state index contributed by atoms with van der Waals surface area (Å²) < 4.78 is 6.54. The number of rotatable bonds is 3. The minimum atomic E-state index is -0.0257. The highest BCUT2D eigenvalue weighted by Gasteiger charge is 2.48. The molecule has 3 heterocycles. The van der Waals surface area contributed by atoms with Gasteiger partial charge in [-0.05, 0) is 146 Å². The van der Waals surface area contributed by atoms with E-state index in [0.717, 1.165) is 34.0 Å². The van der Waals surface area contributed by atoms with E-state index in [1.807, 2.05) is 0 Å². The quantitative estimate of drug-likeness (QED) is 0.167. The van der Waals surface area contributed by atoms with Crippen LogP contribution < -0.4 is 26.2 Å². The van der Waals surface area contributed by atoms with Crippen molar-refractivity contribution in [1.29, 1.82) is 0 Å². The van der Waals surface area contributed by atoms with E-state index in [2.05, 4.69) is 206 Å². The number of nitrogens with zero attached hydrogens (tertiary/aromatic N) is 2. The molecule has 0 unspecified atom stereocenters. The van der Waals surface area contributed by atoms with Crippen molar-refractivity contribution >= 4 is 79.2 Å². The molecule has 0 fully saturated rings. The number of anilines is 6. The molecule has 2 aliphatic heterocycles. The highest BCUT2D eigenvalue weighted by molar-refractivity contribution is 7.00. The molecule has 1 aliphatic carbocycles. The largest absolute Gasteiger partial charge is 0.456 e. The van der Waals surface area contributed by atoms with Gasteiger partial charge in [-0.3, -0.25) is 0 Å². The highest BCUT2D eigenvalue weighted by atomic mass is 16.3. The van der Waals surface area contributed by atoms with Crippen molar-refractivity contribution in [2.24, 2.45) is 0 Å². The Bertz CT molecular complexity index is 3050. The van der Waals surface area contributed by atoms with E-state index in [4.69, 9.17) is 4.42 Å². The summed E-state index contributed by atoms with van der Waals surface area (Å²) >= 11 is 0. The summed E-state index contributed by atoms with van der Waals surface area (Å²) in [7, 11) is 0. The molecule has 0 bridgehead atoms. The molecule has 290 valence electrons. The molecule has 0 radical (unpaired) electrons. The first-order chi connectivity index (χ1) is 28.2. The lowest BCUT2D eigenvalue weighted by molar-refractivity contribution is 0.403. The van der Waals surface area contributed by atoms with Crippen molar-refractivity contribution in [3.63, 3.8) is 0 Å². The van der Waals surface area contributed by atoms with Gasteiger partial charge in [0.25, 0.3) is 6.71 Å². The van der Waals surface area contributed by atoms with Gasteiger partial charge in [0, 0.05) is 33.8 Å². The molecule has 11 rings (SSSR count). The van der Waals surface area contributed by atoms with Crippen LogP contribution in [0.25, 0.3) is 33.1 Å². The summed E-state index contributed by atoms with van der Waals surface area (Å²) in [4.78, 5) is 5.18. The van der Waals surface area contributed by atoms with Crippen molar-refractivity contribution in [3.05, 3.63) is 161 Å². The van der Waals surface area contributed by atoms with Crippen molar-refractivity contribution < 1.29 is 4.42 Å². The Morgan fingerprint density at radius 3 is 1.92 bits per heavy atom. The second-order valence-corrected chi connectivity index (χ2v) is 19.9.